The Kier molecular flexibility index (Phi) is 8.19. The van der Waals surface area contributed by atoms with E-state index >= 15 is 0 Å². The van der Waals surface area contributed by atoms with E-state index in [1.165, 1.54) is 4.90 Å². The van der Waals surface area contributed by atoms with E-state index in [-0.39, 0.29) is 18.9 Å². The molecule has 4 aromatic carbocycles. The van der Waals surface area contributed by atoms with E-state index < -0.39 is 6.09 Å². The molecular weight excluding hydrogens is 456 g/mol. The molecule has 1 N–H and O–H groups in total. The molecule has 0 radical (unpaired) electrons. The van der Waals surface area contributed by atoms with Gasteiger partial charge in [-0.1, -0.05) is 71.9 Å². The molecule has 0 unspecified atom stereocenters. The number of aliphatic hydroxyl groups excluding tert-OH is 1. The van der Waals surface area contributed by atoms with Crippen LogP contribution < -0.4 is 9.64 Å². The second-order valence-corrected chi connectivity index (χ2v) is 7.64. The van der Waals surface area contributed by atoms with Crippen molar-refractivity contribution >= 4 is 29.5 Å². The lowest BCUT2D eigenvalue weighted by molar-refractivity contribution is -0.102. The number of rotatable bonds is 9. The molecule has 36 heavy (non-hydrogen) atoms. The number of carbonyl (C=O) groups excluding carboxylic acids is 2. The smallest absolute Gasteiger partial charge is 0.445 e. The van der Waals surface area contributed by atoms with Gasteiger partial charge in [-0.25, -0.2) is 9.69 Å². The second kappa shape index (κ2) is 12.1. The highest BCUT2D eigenvalue weighted by molar-refractivity contribution is 6.36. The molecule has 0 saturated carbocycles. The Hall–Kier alpha value is -4.75. The van der Waals surface area contributed by atoms with E-state index in [1.807, 2.05) is 60.7 Å². The molecule has 0 heterocycles. The first-order valence-electron chi connectivity index (χ1n) is 11.3. The molecule has 0 aliphatic carbocycles. The first-order chi connectivity index (χ1) is 17.7. The molecule has 0 fully saturated rings. The summed E-state index contributed by atoms with van der Waals surface area (Å²) in [5, 5.41) is 12.9. The number of benzene rings is 4. The summed E-state index contributed by atoms with van der Waals surface area (Å²) < 4.78 is 5.48. The predicted molar refractivity (Wildman–Crippen MR) is 139 cm³/mol. The zero-order chi connectivity index (χ0) is 25.2. The molecule has 0 aromatic heterocycles. The van der Waals surface area contributed by atoms with E-state index in [4.69, 9.17) is 14.7 Å². The average Bonchev–Trinajstić information content (AvgIpc) is 2.94. The number of oxime groups is 1. The predicted octanol–water partition coefficient (Wildman–Crippen LogP) is 5.60. The van der Waals surface area contributed by atoms with Gasteiger partial charge in [0.1, 0.15) is 12.4 Å². The summed E-state index contributed by atoms with van der Waals surface area (Å²) >= 11 is 0. The van der Waals surface area contributed by atoms with Crippen molar-refractivity contribution in [2.24, 2.45) is 5.16 Å². The molecule has 0 bridgehead atoms. The fraction of sp³-hybridized carbons (Fsp3) is 0.0690. The summed E-state index contributed by atoms with van der Waals surface area (Å²) in [6, 6.07) is 32.6. The normalized spacial score (nSPS) is 11.0. The van der Waals surface area contributed by atoms with Gasteiger partial charge in [0.2, 0.25) is 0 Å². The maximum atomic E-state index is 13.1. The SMILES string of the molecule is O=C/C(=N\OC(=O)N(c1ccccc1)c1ccccc1)c1cccc(-c2cccc(OCCO)c2)c1. The largest absolute Gasteiger partial charge is 0.491 e. The van der Waals surface area contributed by atoms with Crippen LogP contribution in [0.15, 0.2) is 114 Å². The third-order valence-electron chi connectivity index (χ3n) is 5.23. The van der Waals surface area contributed by atoms with Gasteiger partial charge in [0, 0.05) is 5.56 Å². The van der Waals surface area contributed by atoms with Gasteiger partial charge in [-0.3, -0.25) is 9.63 Å². The fourth-order valence-electron chi connectivity index (χ4n) is 3.57. The summed E-state index contributed by atoms with van der Waals surface area (Å²) in [5.41, 5.74) is 3.33. The molecule has 1 amide bonds. The van der Waals surface area contributed by atoms with Crippen molar-refractivity contribution in [2.75, 3.05) is 18.1 Å². The number of nitrogens with zero attached hydrogens (tertiary/aromatic N) is 2. The Bertz CT molecular complexity index is 1300. The van der Waals surface area contributed by atoms with E-state index in [0.29, 0.717) is 29.0 Å². The van der Waals surface area contributed by atoms with Crippen LogP contribution in [-0.4, -0.2) is 36.4 Å². The number of carbonyl (C=O) groups is 2. The third-order valence-corrected chi connectivity index (χ3v) is 5.23. The van der Waals surface area contributed by atoms with Crippen molar-refractivity contribution in [1.82, 2.24) is 0 Å². The van der Waals surface area contributed by atoms with Crippen LogP contribution in [0.5, 0.6) is 5.75 Å². The van der Waals surface area contributed by atoms with Crippen LogP contribution in [0.2, 0.25) is 0 Å². The van der Waals surface area contributed by atoms with Crippen LogP contribution in [0.1, 0.15) is 5.56 Å². The van der Waals surface area contributed by atoms with Gasteiger partial charge in [-0.2, -0.15) is 0 Å². The Morgan fingerprint density at radius 2 is 1.42 bits per heavy atom. The number of aldehydes is 1. The molecule has 0 saturated heterocycles. The monoisotopic (exact) mass is 480 g/mol. The van der Waals surface area contributed by atoms with Crippen LogP contribution in [0.4, 0.5) is 16.2 Å². The molecule has 0 aliphatic rings. The number of hydrogen-bond acceptors (Lipinski definition) is 6. The van der Waals surface area contributed by atoms with E-state index in [0.717, 1.165) is 11.1 Å². The van der Waals surface area contributed by atoms with Crippen molar-refractivity contribution in [3.8, 4) is 16.9 Å². The Morgan fingerprint density at radius 1 is 0.806 bits per heavy atom. The van der Waals surface area contributed by atoms with Crippen LogP contribution in [0.3, 0.4) is 0 Å². The number of aliphatic hydroxyl groups is 1. The molecule has 4 aromatic rings. The van der Waals surface area contributed by atoms with Crippen molar-refractivity contribution in [1.29, 1.82) is 0 Å². The summed E-state index contributed by atoms with van der Waals surface area (Å²) in [7, 11) is 0. The summed E-state index contributed by atoms with van der Waals surface area (Å²) in [4.78, 5) is 31.5. The minimum absolute atomic E-state index is 0.0287. The topological polar surface area (TPSA) is 88.4 Å². The summed E-state index contributed by atoms with van der Waals surface area (Å²) in [6.45, 7) is 0.114. The van der Waals surface area contributed by atoms with Gasteiger partial charge < -0.3 is 9.84 Å². The second-order valence-electron chi connectivity index (χ2n) is 7.64. The van der Waals surface area contributed by atoms with E-state index in [2.05, 4.69) is 5.16 Å². The standard InChI is InChI=1S/C29H24N2O5/c32-17-18-35-27-16-8-10-23(20-27)22-9-7-11-24(19-22)28(21-33)30-36-29(34)31(25-12-3-1-4-13-25)26-14-5-2-6-15-26/h1-16,19-21,32H,17-18H2/b30-28+. The molecule has 7 heteroatoms. The summed E-state index contributed by atoms with van der Waals surface area (Å²) in [6.07, 6.45) is -0.209. The first kappa shape index (κ1) is 24.4. The Labute approximate surface area is 208 Å². The molecule has 180 valence electrons. The molecule has 0 aliphatic heterocycles. The molecule has 7 nitrogen and oxygen atoms in total. The zero-order valence-corrected chi connectivity index (χ0v) is 19.4. The van der Waals surface area contributed by atoms with Gasteiger partial charge in [-0.15, -0.1) is 0 Å². The number of amides is 1. The molecule has 0 atom stereocenters. The van der Waals surface area contributed by atoms with Crippen LogP contribution >= 0.6 is 0 Å². The van der Waals surface area contributed by atoms with Gasteiger partial charge in [0.25, 0.3) is 0 Å². The van der Waals surface area contributed by atoms with Gasteiger partial charge in [0.05, 0.1) is 18.0 Å². The lowest BCUT2D eigenvalue weighted by atomic mass is 10.0. The minimum atomic E-state index is -0.753. The Balaban J connectivity index is 1.58. The third kappa shape index (κ3) is 6.02. The quantitative estimate of drug-likeness (QED) is 0.146. The van der Waals surface area contributed by atoms with Crippen LogP contribution in [0.25, 0.3) is 11.1 Å². The van der Waals surface area contributed by atoms with Crippen molar-refractivity contribution in [3.05, 3.63) is 115 Å². The summed E-state index contributed by atoms with van der Waals surface area (Å²) in [5.74, 6) is 0.618. The highest BCUT2D eigenvalue weighted by Gasteiger charge is 2.20. The fourth-order valence-corrected chi connectivity index (χ4v) is 3.57. The number of anilines is 2. The first-order valence-corrected chi connectivity index (χ1v) is 11.3. The highest BCUT2D eigenvalue weighted by atomic mass is 16.7. The number of hydrogen-bond donors (Lipinski definition) is 1. The maximum Gasteiger partial charge on any atom is 0.445 e. The van der Waals surface area contributed by atoms with E-state index in [1.54, 1.807) is 48.5 Å². The number of para-hydroxylation sites is 2. The molecule has 4 rings (SSSR count). The molecular formula is C29H24N2O5. The van der Waals surface area contributed by atoms with Crippen molar-refractivity contribution < 1.29 is 24.3 Å². The zero-order valence-electron chi connectivity index (χ0n) is 19.4. The van der Waals surface area contributed by atoms with Crippen molar-refractivity contribution in [3.63, 3.8) is 0 Å². The lowest BCUT2D eigenvalue weighted by Crippen LogP contribution is -2.25. The van der Waals surface area contributed by atoms with Gasteiger partial charge in [-0.05, 0) is 53.6 Å². The average molecular weight is 481 g/mol. The van der Waals surface area contributed by atoms with Gasteiger partial charge >= 0.3 is 6.09 Å². The minimum Gasteiger partial charge on any atom is -0.491 e. The van der Waals surface area contributed by atoms with Crippen LogP contribution in [0, 0.1) is 0 Å². The Morgan fingerprint density at radius 3 is 2.03 bits per heavy atom. The highest BCUT2D eigenvalue weighted by Crippen LogP contribution is 2.27. The number of ether oxygens (including phenoxy) is 1. The maximum absolute atomic E-state index is 13.1. The van der Waals surface area contributed by atoms with Crippen molar-refractivity contribution in [2.45, 2.75) is 0 Å². The van der Waals surface area contributed by atoms with E-state index in [9.17, 15) is 9.59 Å². The lowest BCUT2D eigenvalue weighted by Gasteiger charge is -2.20. The van der Waals surface area contributed by atoms with Gasteiger partial charge in [0.15, 0.2) is 12.0 Å². The molecule has 0 spiro atoms. The van der Waals surface area contributed by atoms with Crippen LogP contribution in [-0.2, 0) is 9.63 Å².